The molecule has 1 heterocycles. The predicted octanol–water partition coefficient (Wildman–Crippen LogP) is 5.60. The minimum atomic E-state index is -0.345. The Kier molecular flexibility index (Phi) is 4.58. The maximum atomic E-state index is 12.8. The number of nitrogens with zero attached hydrogens (tertiary/aromatic N) is 1. The Bertz CT molecular complexity index is 1050. The molecule has 0 radical (unpaired) electrons. The van der Waals surface area contributed by atoms with Gasteiger partial charge in [0, 0.05) is 17.4 Å². The predicted molar refractivity (Wildman–Crippen MR) is 108 cm³/mol. The first-order valence-corrected chi connectivity index (χ1v) is 8.79. The van der Waals surface area contributed by atoms with Crippen LogP contribution in [-0.4, -0.2) is 17.6 Å². The molecule has 0 unspecified atom stereocenters. The van der Waals surface area contributed by atoms with Crippen LogP contribution in [0.5, 0.6) is 0 Å². The van der Waals surface area contributed by atoms with Crippen molar-refractivity contribution in [1.29, 1.82) is 0 Å². The third-order valence-corrected chi connectivity index (χ3v) is 4.56. The van der Waals surface area contributed by atoms with Crippen molar-refractivity contribution in [2.24, 2.45) is 0 Å². The molecule has 0 aliphatic carbocycles. The molecule has 3 aromatic carbocycles. The number of aromatic nitrogens is 1. The van der Waals surface area contributed by atoms with Crippen LogP contribution < -0.4 is 0 Å². The molecule has 4 aromatic rings. The van der Waals surface area contributed by atoms with E-state index in [0.717, 1.165) is 28.1 Å². The van der Waals surface area contributed by atoms with Crippen LogP contribution in [0.3, 0.4) is 0 Å². The van der Waals surface area contributed by atoms with Crippen molar-refractivity contribution in [3.8, 4) is 28.1 Å². The van der Waals surface area contributed by atoms with Gasteiger partial charge in [0.15, 0.2) is 0 Å². The molecule has 0 atom stereocenters. The van der Waals surface area contributed by atoms with E-state index in [9.17, 15) is 4.79 Å². The van der Waals surface area contributed by atoms with Gasteiger partial charge in [-0.3, -0.25) is 0 Å². The number of ether oxygens (including phenoxy) is 1. The molecule has 27 heavy (non-hydrogen) atoms. The maximum absolute atomic E-state index is 12.8. The number of esters is 1. The Morgan fingerprint density at radius 1 is 0.741 bits per heavy atom. The molecule has 0 bridgehead atoms. The van der Waals surface area contributed by atoms with E-state index in [-0.39, 0.29) is 5.97 Å². The summed E-state index contributed by atoms with van der Waals surface area (Å²) in [6.07, 6.45) is 2.01. The summed E-state index contributed by atoms with van der Waals surface area (Å²) < 4.78 is 7.22. The van der Waals surface area contributed by atoms with Gasteiger partial charge < -0.3 is 9.30 Å². The standard InChI is InChI=1S/C24H19NO2/c1-27-24(26)22-21(18-11-5-2-6-12-18)17-25(20-15-9-4-10-16-20)23(22)19-13-7-3-8-14-19/h2-17H,1H3. The molecule has 0 fully saturated rings. The molecule has 0 aliphatic rings. The lowest BCUT2D eigenvalue weighted by atomic mass is 10.00. The SMILES string of the molecule is COC(=O)c1c(-c2ccccc2)cn(-c2ccccc2)c1-c1ccccc1. The molecule has 0 N–H and O–H groups in total. The fourth-order valence-corrected chi connectivity index (χ4v) is 3.32. The van der Waals surface area contributed by atoms with E-state index < -0.39 is 0 Å². The van der Waals surface area contributed by atoms with Gasteiger partial charge in [-0.25, -0.2) is 4.79 Å². The molecule has 132 valence electrons. The number of methoxy groups -OCH3 is 1. The van der Waals surface area contributed by atoms with Crippen molar-refractivity contribution in [2.45, 2.75) is 0 Å². The van der Waals surface area contributed by atoms with E-state index in [1.54, 1.807) is 0 Å². The van der Waals surface area contributed by atoms with E-state index in [0.29, 0.717) is 5.56 Å². The van der Waals surface area contributed by atoms with Crippen LogP contribution in [0.1, 0.15) is 10.4 Å². The maximum Gasteiger partial charge on any atom is 0.340 e. The highest BCUT2D eigenvalue weighted by atomic mass is 16.5. The lowest BCUT2D eigenvalue weighted by Gasteiger charge is -2.11. The van der Waals surface area contributed by atoms with Crippen LogP contribution in [0.15, 0.2) is 97.2 Å². The fourth-order valence-electron chi connectivity index (χ4n) is 3.32. The van der Waals surface area contributed by atoms with Crippen molar-refractivity contribution in [1.82, 2.24) is 4.57 Å². The summed E-state index contributed by atoms with van der Waals surface area (Å²) >= 11 is 0. The van der Waals surface area contributed by atoms with Gasteiger partial charge in [-0.05, 0) is 23.3 Å². The number of benzene rings is 3. The molecule has 0 saturated carbocycles. The zero-order valence-corrected chi connectivity index (χ0v) is 15.0. The smallest absolute Gasteiger partial charge is 0.340 e. The Hall–Kier alpha value is -3.59. The third kappa shape index (κ3) is 3.15. The highest BCUT2D eigenvalue weighted by Crippen LogP contribution is 2.37. The van der Waals surface area contributed by atoms with Crippen molar-refractivity contribution in [2.75, 3.05) is 7.11 Å². The zero-order chi connectivity index (χ0) is 18.6. The summed E-state index contributed by atoms with van der Waals surface area (Å²) in [6, 6.07) is 29.9. The Morgan fingerprint density at radius 2 is 1.26 bits per heavy atom. The van der Waals surface area contributed by atoms with Gasteiger partial charge in [0.05, 0.1) is 18.4 Å². The Labute approximate surface area is 158 Å². The molecule has 1 aromatic heterocycles. The molecule has 0 aliphatic heterocycles. The largest absolute Gasteiger partial charge is 0.465 e. The topological polar surface area (TPSA) is 31.2 Å². The molecule has 3 heteroatoms. The second-order valence-electron chi connectivity index (χ2n) is 6.20. The molecule has 4 rings (SSSR count). The lowest BCUT2D eigenvalue weighted by Crippen LogP contribution is -2.05. The highest BCUT2D eigenvalue weighted by Gasteiger charge is 2.25. The number of hydrogen-bond acceptors (Lipinski definition) is 2. The first-order chi connectivity index (χ1) is 13.3. The van der Waals surface area contributed by atoms with E-state index in [4.69, 9.17) is 4.74 Å². The van der Waals surface area contributed by atoms with Gasteiger partial charge in [0.1, 0.15) is 0 Å². The summed E-state index contributed by atoms with van der Waals surface area (Å²) in [6.45, 7) is 0. The van der Waals surface area contributed by atoms with Gasteiger partial charge in [0.2, 0.25) is 0 Å². The van der Waals surface area contributed by atoms with Crippen LogP contribution in [0.2, 0.25) is 0 Å². The van der Waals surface area contributed by atoms with Gasteiger partial charge >= 0.3 is 5.97 Å². The molecule has 3 nitrogen and oxygen atoms in total. The molecular formula is C24H19NO2. The van der Waals surface area contributed by atoms with Crippen LogP contribution in [0, 0.1) is 0 Å². The van der Waals surface area contributed by atoms with E-state index in [1.165, 1.54) is 7.11 Å². The summed E-state index contributed by atoms with van der Waals surface area (Å²) in [5, 5.41) is 0. The van der Waals surface area contributed by atoms with E-state index in [1.807, 2.05) is 97.2 Å². The van der Waals surface area contributed by atoms with Crippen LogP contribution in [0.25, 0.3) is 28.1 Å². The Morgan fingerprint density at radius 3 is 1.81 bits per heavy atom. The van der Waals surface area contributed by atoms with Crippen LogP contribution >= 0.6 is 0 Å². The Balaban J connectivity index is 2.07. The number of rotatable bonds is 4. The lowest BCUT2D eigenvalue weighted by molar-refractivity contribution is 0.0602. The van der Waals surface area contributed by atoms with Gasteiger partial charge in [-0.1, -0.05) is 78.9 Å². The van der Waals surface area contributed by atoms with E-state index >= 15 is 0 Å². The number of para-hydroxylation sites is 1. The summed E-state index contributed by atoms with van der Waals surface area (Å²) in [5.74, 6) is -0.345. The fraction of sp³-hybridized carbons (Fsp3) is 0.0417. The molecular weight excluding hydrogens is 334 g/mol. The summed E-state index contributed by atoms with van der Waals surface area (Å²) in [7, 11) is 1.42. The highest BCUT2D eigenvalue weighted by molar-refractivity contribution is 6.04. The average Bonchev–Trinajstić information content (AvgIpc) is 3.16. The number of carbonyl (C=O) groups is 1. The minimum absolute atomic E-state index is 0.345. The first-order valence-electron chi connectivity index (χ1n) is 8.79. The van der Waals surface area contributed by atoms with Gasteiger partial charge in [-0.2, -0.15) is 0 Å². The van der Waals surface area contributed by atoms with Crippen LogP contribution in [0.4, 0.5) is 0 Å². The normalized spacial score (nSPS) is 10.6. The summed E-state index contributed by atoms with van der Waals surface area (Å²) in [4.78, 5) is 12.8. The van der Waals surface area contributed by atoms with Crippen LogP contribution in [-0.2, 0) is 4.74 Å². The minimum Gasteiger partial charge on any atom is -0.465 e. The number of carbonyl (C=O) groups excluding carboxylic acids is 1. The molecule has 0 saturated heterocycles. The number of hydrogen-bond donors (Lipinski definition) is 0. The summed E-state index contributed by atoms with van der Waals surface area (Å²) in [5.41, 5.74) is 5.17. The second kappa shape index (κ2) is 7.34. The third-order valence-electron chi connectivity index (χ3n) is 4.56. The van der Waals surface area contributed by atoms with Gasteiger partial charge in [-0.15, -0.1) is 0 Å². The first kappa shape index (κ1) is 16.9. The average molecular weight is 353 g/mol. The van der Waals surface area contributed by atoms with Crippen molar-refractivity contribution in [3.05, 3.63) is 103 Å². The van der Waals surface area contributed by atoms with E-state index in [2.05, 4.69) is 4.57 Å². The van der Waals surface area contributed by atoms with Crippen molar-refractivity contribution in [3.63, 3.8) is 0 Å². The van der Waals surface area contributed by atoms with Crippen molar-refractivity contribution >= 4 is 5.97 Å². The molecule has 0 spiro atoms. The quantitative estimate of drug-likeness (QED) is 0.447. The zero-order valence-electron chi connectivity index (χ0n) is 15.0. The van der Waals surface area contributed by atoms with Crippen molar-refractivity contribution < 1.29 is 9.53 Å². The molecule has 0 amide bonds. The van der Waals surface area contributed by atoms with Gasteiger partial charge in [0.25, 0.3) is 0 Å². The second-order valence-corrected chi connectivity index (χ2v) is 6.20. The monoisotopic (exact) mass is 353 g/mol.